The Bertz CT molecular complexity index is 851. The Morgan fingerprint density at radius 1 is 1.14 bits per heavy atom. The highest BCUT2D eigenvalue weighted by molar-refractivity contribution is 6.50. The molecule has 2 aromatic carbocycles. The number of ketones is 1. The standard InChI is InChI=1S/C17H15N3O2/c1-2-20-14-11-7-6-10-13(14)18-17(20)15(19-22)16(21)12-8-4-3-5-9-12/h3-11,22H,2H2,1H3/b19-15-. The summed E-state index contributed by atoms with van der Waals surface area (Å²) >= 11 is 0. The molecule has 22 heavy (non-hydrogen) atoms. The molecule has 3 aromatic rings. The maximum absolute atomic E-state index is 12.6. The van der Waals surface area contributed by atoms with E-state index in [4.69, 9.17) is 0 Å². The number of hydrogen-bond donors (Lipinski definition) is 1. The molecule has 0 bridgehead atoms. The van der Waals surface area contributed by atoms with Gasteiger partial charge in [-0.3, -0.25) is 4.79 Å². The fourth-order valence-corrected chi connectivity index (χ4v) is 2.49. The van der Waals surface area contributed by atoms with E-state index in [1.807, 2.05) is 41.8 Å². The van der Waals surface area contributed by atoms with Gasteiger partial charge in [0.05, 0.1) is 11.0 Å². The Hall–Kier alpha value is -2.95. The second kappa shape index (κ2) is 5.81. The maximum Gasteiger partial charge on any atom is 0.218 e. The predicted molar refractivity (Wildman–Crippen MR) is 84.5 cm³/mol. The first-order chi connectivity index (χ1) is 10.8. The highest BCUT2D eigenvalue weighted by atomic mass is 16.4. The van der Waals surface area contributed by atoms with E-state index in [-0.39, 0.29) is 11.5 Å². The van der Waals surface area contributed by atoms with Crippen LogP contribution in [0.25, 0.3) is 11.0 Å². The summed E-state index contributed by atoms with van der Waals surface area (Å²) in [5.74, 6) is 0.0214. The summed E-state index contributed by atoms with van der Waals surface area (Å²) < 4.78 is 1.87. The molecule has 1 N–H and O–H groups in total. The summed E-state index contributed by atoms with van der Waals surface area (Å²) in [7, 11) is 0. The molecule has 0 unspecified atom stereocenters. The molecule has 0 aliphatic heterocycles. The number of aromatic nitrogens is 2. The van der Waals surface area contributed by atoms with Crippen LogP contribution in [0.2, 0.25) is 0 Å². The number of Topliss-reactive ketones (excluding diaryl/α,β-unsaturated/α-hetero) is 1. The van der Waals surface area contributed by atoms with Crippen LogP contribution in [0.15, 0.2) is 59.8 Å². The monoisotopic (exact) mass is 293 g/mol. The van der Waals surface area contributed by atoms with Crippen molar-refractivity contribution in [1.82, 2.24) is 9.55 Å². The molecule has 5 heteroatoms. The summed E-state index contributed by atoms with van der Waals surface area (Å²) in [4.78, 5) is 17.0. The highest BCUT2D eigenvalue weighted by Gasteiger charge is 2.23. The van der Waals surface area contributed by atoms with Crippen molar-refractivity contribution in [3.63, 3.8) is 0 Å². The van der Waals surface area contributed by atoms with Crippen molar-refractivity contribution in [2.45, 2.75) is 13.5 Å². The van der Waals surface area contributed by atoms with E-state index >= 15 is 0 Å². The number of imidazole rings is 1. The van der Waals surface area contributed by atoms with Crippen LogP contribution in [0.5, 0.6) is 0 Å². The number of benzene rings is 2. The van der Waals surface area contributed by atoms with Crippen molar-refractivity contribution in [3.05, 3.63) is 66.0 Å². The molecule has 0 radical (unpaired) electrons. The Balaban J connectivity index is 2.14. The van der Waals surface area contributed by atoms with E-state index in [0.717, 1.165) is 11.0 Å². The first kappa shape index (κ1) is 14.0. The Kier molecular flexibility index (Phi) is 3.70. The van der Waals surface area contributed by atoms with Gasteiger partial charge in [0.25, 0.3) is 0 Å². The van der Waals surface area contributed by atoms with Crippen LogP contribution >= 0.6 is 0 Å². The number of oxime groups is 1. The molecular formula is C17H15N3O2. The molecule has 0 spiro atoms. The predicted octanol–water partition coefficient (Wildman–Crippen LogP) is 3.12. The van der Waals surface area contributed by atoms with E-state index in [1.165, 1.54) is 0 Å². The summed E-state index contributed by atoms with van der Waals surface area (Å²) in [6.07, 6.45) is 0. The van der Waals surface area contributed by atoms with E-state index in [1.54, 1.807) is 24.3 Å². The van der Waals surface area contributed by atoms with E-state index in [0.29, 0.717) is 17.9 Å². The minimum atomic E-state index is -0.354. The van der Waals surface area contributed by atoms with Crippen LogP contribution in [0.1, 0.15) is 23.1 Å². The minimum absolute atomic E-state index is 0.0516. The number of aryl methyl sites for hydroxylation is 1. The van der Waals surface area contributed by atoms with Gasteiger partial charge in [-0.25, -0.2) is 4.98 Å². The first-order valence-electron chi connectivity index (χ1n) is 7.03. The average Bonchev–Trinajstić information content (AvgIpc) is 2.94. The number of fused-ring (bicyclic) bond motifs is 1. The SMILES string of the molecule is CCn1c(/C(=N\O)C(=O)c2ccccc2)nc2ccccc21. The van der Waals surface area contributed by atoms with Crippen molar-refractivity contribution in [2.75, 3.05) is 0 Å². The third-order valence-electron chi connectivity index (χ3n) is 3.53. The van der Waals surface area contributed by atoms with Gasteiger partial charge in [-0.05, 0) is 19.1 Å². The molecule has 0 saturated heterocycles. The van der Waals surface area contributed by atoms with Crippen molar-refractivity contribution < 1.29 is 10.0 Å². The topological polar surface area (TPSA) is 67.5 Å². The van der Waals surface area contributed by atoms with Crippen molar-refractivity contribution in [2.24, 2.45) is 5.16 Å². The Labute approximate surface area is 127 Å². The molecule has 0 aliphatic rings. The molecule has 5 nitrogen and oxygen atoms in total. The van der Waals surface area contributed by atoms with Crippen LogP contribution < -0.4 is 0 Å². The lowest BCUT2D eigenvalue weighted by atomic mass is 10.1. The number of para-hydroxylation sites is 2. The normalized spacial score (nSPS) is 11.8. The Morgan fingerprint density at radius 3 is 2.50 bits per heavy atom. The molecule has 1 heterocycles. The van der Waals surface area contributed by atoms with E-state index in [9.17, 15) is 10.0 Å². The van der Waals surface area contributed by atoms with Crippen LogP contribution in [-0.2, 0) is 6.54 Å². The molecular weight excluding hydrogens is 278 g/mol. The van der Waals surface area contributed by atoms with Crippen molar-refractivity contribution in [1.29, 1.82) is 0 Å². The Morgan fingerprint density at radius 2 is 1.82 bits per heavy atom. The van der Waals surface area contributed by atoms with Gasteiger partial charge in [0.2, 0.25) is 5.78 Å². The number of hydrogen-bond acceptors (Lipinski definition) is 4. The van der Waals surface area contributed by atoms with Crippen LogP contribution in [0, 0.1) is 0 Å². The van der Waals surface area contributed by atoms with Gasteiger partial charge in [-0.15, -0.1) is 0 Å². The number of carbonyl (C=O) groups is 1. The number of nitrogens with zero attached hydrogens (tertiary/aromatic N) is 3. The van der Waals surface area contributed by atoms with Crippen LogP contribution in [-0.4, -0.2) is 26.3 Å². The summed E-state index contributed by atoms with van der Waals surface area (Å²) in [6.45, 7) is 2.58. The van der Waals surface area contributed by atoms with Crippen LogP contribution in [0.4, 0.5) is 0 Å². The lowest BCUT2D eigenvalue weighted by Gasteiger charge is -2.07. The zero-order valence-corrected chi connectivity index (χ0v) is 12.1. The number of carbonyl (C=O) groups excluding carboxylic acids is 1. The van der Waals surface area contributed by atoms with Gasteiger partial charge in [0.1, 0.15) is 0 Å². The van der Waals surface area contributed by atoms with E-state index < -0.39 is 0 Å². The van der Waals surface area contributed by atoms with Gasteiger partial charge in [0.15, 0.2) is 11.5 Å². The lowest BCUT2D eigenvalue weighted by molar-refractivity contribution is 0.106. The fourth-order valence-electron chi connectivity index (χ4n) is 2.49. The molecule has 0 fully saturated rings. The maximum atomic E-state index is 12.6. The van der Waals surface area contributed by atoms with Gasteiger partial charge < -0.3 is 9.77 Å². The zero-order valence-electron chi connectivity index (χ0n) is 12.1. The third-order valence-corrected chi connectivity index (χ3v) is 3.53. The van der Waals surface area contributed by atoms with Crippen molar-refractivity contribution in [3.8, 4) is 0 Å². The third kappa shape index (κ3) is 2.26. The lowest BCUT2D eigenvalue weighted by Crippen LogP contribution is -2.20. The molecule has 3 rings (SSSR count). The molecule has 110 valence electrons. The molecule has 0 aliphatic carbocycles. The fraction of sp³-hybridized carbons (Fsp3) is 0.118. The summed E-state index contributed by atoms with van der Waals surface area (Å²) in [6, 6.07) is 16.3. The van der Waals surface area contributed by atoms with Gasteiger partial charge in [-0.2, -0.15) is 0 Å². The molecule has 0 atom stereocenters. The summed E-state index contributed by atoms with van der Waals surface area (Å²) in [5.41, 5.74) is 2.08. The van der Waals surface area contributed by atoms with Crippen LogP contribution in [0.3, 0.4) is 0 Å². The highest BCUT2D eigenvalue weighted by Crippen LogP contribution is 2.18. The first-order valence-corrected chi connectivity index (χ1v) is 7.03. The quantitative estimate of drug-likeness (QED) is 0.348. The number of rotatable bonds is 4. The zero-order chi connectivity index (χ0) is 15.5. The van der Waals surface area contributed by atoms with E-state index in [2.05, 4.69) is 10.1 Å². The molecule has 0 amide bonds. The second-order valence-corrected chi connectivity index (χ2v) is 4.81. The minimum Gasteiger partial charge on any atom is -0.410 e. The molecule has 1 aromatic heterocycles. The van der Waals surface area contributed by atoms with Gasteiger partial charge in [-0.1, -0.05) is 47.6 Å². The molecule has 0 saturated carbocycles. The van der Waals surface area contributed by atoms with Crippen molar-refractivity contribution >= 4 is 22.5 Å². The van der Waals surface area contributed by atoms with Gasteiger partial charge >= 0.3 is 0 Å². The largest absolute Gasteiger partial charge is 0.410 e. The smallest absolute Gasteiger partial charge is 0.218 e. The second-order valence-electron chi connectivity index (χ2n) is 4.81. The average molecular weight is 293 g/mol. The summed E-state index contributed by atoms with van der Waals surface area (Å²) in [5, 5.41) is 12.6. The van der Waals surface area contributed by atoms with Gasteiger partial charge in [0, 0.05) is 12.1 Å².